The van der Waals surface area contributed by atoms with Crippen LogP contribution in [0.2, 0.25) is 0 Å². The second kappa shape index (κ2) is 9.75. The van der Waals surface area contributed by atoms with Crippen molar-refractivity contribution in [1.82, 2.24) is 4.90 Å². The molecule has 8 heteroatoms. The predicted octanol–water partition coefficient (Wildman–Crippen LogP) is 3.11. The maximum absolute atomic E-state index is 13.0. The van der Waals surface area contributed by atoms with E-state index in [-0.39, 0.29) is 30.7 Å². The molecule has 0 spiro atoms. The second-order valence-corrected chi connectivity index (χ2v) is 7.82. The molecule has 0 saturated carbocycles. The van der Waals surface area contributed by atoms with Gasteiger partial charge in [0.05, 0.1) is 19.3 Å². The average Bonchev–Trinajstić information content (AvgIpc) is 3.12. The van der Waals surface area contributed by atoms with Gasteiger partial charge in [-0.2, -0.15) is 0 Å². The fraction of sp³-hybridized carbons (Fsp3) is 0.500. The van der Waals surface area contributed by atoms with E-state index in [0.717, 1.165) is 4.90 Å². The average molecular weight is 419 g/mol. The summed E-state index contributed by atoms with van der Waals surface area (Å²) in [6.07, 6.45) is -1.73. The zero-order valence-electron chi connectivity index (χ0n) is 18.0. The van der Waals surface area contributed by atoms with Gasteiger partial charge in [0.2, 0.25) is 0 Å². The SMILES string of the molecule is CCOC(=O)/C(=C1\CC[C@@H](C(=O)OC)N1C(=O)OC(C)(C)C)C(O)c1ccccc1. The highest BCUT2D eigenvalue weighted by Gasteiger charge is 2.44. The summed E-state index contributed by atoms with van der Waals surface area (Å²) in [7, 11) is 1.22. The molecule has 1 fully saturated rings. The van der Waals surface area contributed by atoms with Crippen molar-refractivity contribution in [2.45, 2.75) is 58.3 Å². The number of aliphatic hydroxyl groups excluding tert-OH is 1. The van der Waals surface area contributed by atoms with Crippen LogP contribution in [0.3, 0.4) is 0 Å². The standard InChI is InChI=1S/C22H29NO7/c1-6-29-20(26)17(18(24)14-10-8-7-9-11-14)15-12-13-16(19(25)28-5)23(15)21(27)30-22(2,3)4/h7-11,16,18,24H,6,12-13H2,1-5H3/b17-15+/t16-,18?/m0/s1. The van der Waals surface area contributed by atoms with Gasteiger partial charge in [-0.05, 0) is 46.1 Å². The van der Waals surface area contributed by atoms with Gasteiger partial charge >= 0.3 is 18.0 Å². The molecule has 1 aliphatic heterocycles. The molecule has 1 aromatic rings. The lowest BCUT2D eigenvalue weighted by Crippen LogP contribution is -2.44. The molecule has 2 rings (SSSR count). The summed E-state index contributed by atoms with van der Waals surface area (Å²) in [5, 5.41) is 11.0. The zero-order valence-corrected chi connectivity index (χ0v) is 18.0. The Morgan fingerprint density at radius 3 is 2.37 bits per heavy atom. The highest BCUT2D eigenvalue weighted by molar-refractivity contribution is 5.93. The Hall–Kier alpha value is -2.87. The number of nitrogens with zero attached hydrogens (tertiary/aromatic N) is 1. The Labute approximate surface area is 176 Å². The highest BCUT2D eigenvalue weighted by Crippen LogP contribution is 2.37. The van der Waals surface area contributed by atoms with E-state index in [1.807, 2.05) is 0 Å². The van der Waals surface area contributed by atoms with Gasteiger partial charge in [-0.3, -0.25) is 4.90 Å². The number of carbonyl (C=O) groups excluding carboxylic acids is 3. The summed E-state index contributed by atoms with van der Waals surface area (Å²) in [5.41, 5.74) is -0.276. The number of hydrogen-bond donors (Lipinski definition) is 1. The lowest BCUT2D eigenvalue weighted by molar-refractivity contribution is -0.145. The van der Waals surface area contributed by atoms with Gasteiger partial charge in [-0.1, -0.05) is 30.3 Å². The molecule has 0 aromatic heterocycles. The van der Waals surface area contributed by atoms with E-state index in [0.29, 0.717) is 5.56 Å². The van der Waals surface area contributed by atoms with Crippen LogP contribution in [0.5, 0.6) is 0 Å². The first-order valence-electron chi connectivity index (χ1n) is 9.84. The Bertz CT molecular complexity index is 811. The van der Waals surface area contributed by atoms with Crippen LogP contribution in [-0.4, -0.2) is 53.4 Å². The van der Waals surface area contributed by atoms with Crippen LogP contribution >= 0.6 is 0 Å². The van der Waals surface area contributed by atoms with Crippen molar-refractivity contribution in [1.29, 1.82) is 0 Å². The molecule has 1 aromatic carbocycles. The van der Waals surface area contributed by atoms with Gasteiger partial charge < -0.3 is 19.3 Å². The van der Waals surface area contributed by atoms with Crippen molar-refractivity contribution < 1.29 is 33.7 Å². The van der Waals surface area contributed by atoms with Crippen LogP contribution in [0.4, 0.5) is 4.79 Å². The van der Waals surface area contributed by atoms with Crippen LogP contribution < -0.4 is 0 Å². The Kier molecular flexibility index (Phi) is 7.61. The highest BCUT2D eigenvalue weighted by atomic mass is 16.6. The molecule has 1 aliphatic rings. The first kappa shape index (κ1) is 23.4. The normalized spacial score (nSPS) is 19.1. The van der Waals surface area contributed by atoms with Crippen LogP contribution in [0.15, 0.2) is 41.6 Å². The molecule has 30 heavy (non-hydrogen) atoms. The molecule has 1 unspecified atom stereocenters. The van der Waals surface area contributed by atoms with E-state index in [9.17, 15) is 19.5 Å². The van der Waals surface area contributed by atoms with Crippen molar-refractivity contribution >= 4 is 18.0 Å². The van der Waals surface area contributed by atoms with Gasteiger partial charge in [-0.15, -0.1) is 0 Å². The topological polar surface area (TPSA) is 102 Å². The lowest BCUT2D eigenvalue weighted by Gasteiger charge is -2.30. The monoisotopic (exact) mass is 419 g/mol. The van der Waals surface area contributed by atoms with Crippen molar-refractivity contribution in [2.24, 2.45) is 0 Å². The third-order valence-corrected chi connectivity index (χ3v) is 4.52. The van der Waals surface area contributed by atoms with Crippen LogP contribution in [-0.2, 0) is 23.8 Å². The molecule has 1 N–H and O–H groups in total. The number of likely N-dealkylation sites (tertiary alicyclic amines) is 1. The summed E-state index contributed by atoms with van der Waals surface area (Å²) in [5.74, 6) is -1.39. The van der Waals surface area contributed by atoms with E-state index in [4.69, 9.17) is 14.2 Å². The third-order valence-electron chi connectivity index (χ3n) is 4.52. The number of carbonyl (C=O) groups is 3. The maximum atomic E-state index is 13.0. The van der Waals surface area contributed by atoms with Crippen molar-refractivity contribution in [2.75, 3.05) is 13.7 Å². The molecule has 2 atom stereocenters. The molecule has 1 amide bonds. The molecule has 0 aliphatic carbocycles. The van der Waals surface area contributed by atoms with Gasteiger partial charge in [0.25, 0.3) is 0 Å². The minimum atomic E-state index is -1.35. The molecule has 0 bridgehead atoms. The zero-order chi connectivity index (χ0) is 22.5. The number of hydrogen-bond acceptors (Lipinski definition) is 7. The first-order chi connectivity index (χ1) is 14.1. The minimum Gasteiger partial charge on any atom is -0.467 e. The van der Waals surface area contributed by atoms with Crippen LogP contribution in [0, 0.1) is 0 Å². The van der Waals surface area contributed by atoms with Gasteiger partial charge in [0.15, 0.2) is 0 Å². The summed E-state index contributed by atoms with van der Waals surface area (Å²) in [6.45, 7) is 6.82. The molecular formula is C22H29NO7. The molecule has 8 nitrogen and oxygen atoms in total. The maximum Gasteiger partial charge on any atom is 0.415 e. The number of ether oxygens (including phenoxy) is 3. The molecule has 164 valence electrons. The predicted molar refractivity (Wildman–Crippen MR) is 108 cm³/mol. The quantitative estimate of drug-likeness (QED) is 0.444. The van der Waals surface area contributed by atoms with Gasteiger partial charge in [-0.25, -0.2) is 14.4 Å². The minimum absolute atomic E-state index is 0.0873. The van der Waals surface area contributed by atoms with E-state index < -0.39 is 35.8 Å². The van der Waals surface area contributed by atoms with Crippen LogP contribution in [0.25, 0.3) is 0 Å². The number of methoxy groups -OCH3 is 1. The van der Waals surface area contributed by atoms with E-state index in [1.165, 1.54) is 7.11 Å². The first-order valence-corrected chi connectivity index (χ1v) is 9.84. The number of rotatable bonds is 5. The second-order valence-electron chi connectivity index (χ2n) is 7.82. The molecule has 0 radical (unpaired) electrons. The number of benzene rings is 1. The van der Waals surface area contributed by atoms with Gasteiger partial charge in [0, 0.05) is 5.70 Å². The van der Waals surface area contributed by atoms with Gasteiger partial charge in [0.1, 0.15) is 17.7 Å². The number of esters is 2. The summed E-state index contributed by atoms with van der Waals surface area (Å²) in [6, 6.07) is 7.59. The van der Waals surface area contributed by atoms with Crippen molar-refractivity contribution in [3.05, 3.63) is 47.2 Å². The molecule has 1 saturated heterocycles. The molecule has 1 heterocycles. The van der Waals surface area contributed by atoms with E-state index in [2.05, 4.69) is 0 Å². The fourth-order valence-electron chi connectivity index (χ4n) is 3.28. The fourth-order valence-corrected chi connectivity index (χ4v) is 3.28. The summed E-state index contributed by atoms with van der Waals surface area (Å²) >= 11 is 0. The van der Waals surface area contributed by atoms with Crippen molar-refractivity contribution in [3.63, 3.8) is 0 Å². The largest absolute Gasteiger partial charge is 0.467 e. The lowest BCUT2D eigenvalue weighted by atomic mass is 9.98. The Morgan fingerprint density at radius 2 is 1.83 bits per heavy atom. The van der Waals surface area contributed by atoms with E-state index >= 15 is 0 Å². The number of amides is 1. The van der Waals surface area contributed by atoms with E-state index in [1.54, 1.807) is 58.0 Å². The summed E-state index contributed by atoms with van der Waals surface area (Å²) < 4.78 is 15.5. The number of aliphatic hydroxyl groups is 1. The smallest absolute Gasteiger partial charge is 0.415 e. The summed E-state index contributed by atoms with van der Waals surface area (Å²) in [4.78, 5) is 39.2. The Balaban J connectivity index is 2.61. The molecular weight excluding hydrogens is 390 g/mol. The number of allylic oxidation sites excluding steroid dienone is 1. The van der Waals surface area contributed by atoms with Crippen LogP contribution in [0.1, 0.15) is 52.2 Å². The van der Waals surface area contributed by atoms with Crippen molar-refractivity contribution in [3.8, 4) is 0 Å². The Morgan fingerprint density at radius 1 is 1.20 bits per heavy atom. The third kappa shape index (κ3) is 5.38.